The Labute approximate surface area is 76.1 Å². The molecule has 0 fully saturated rings. The highest BCUT2D eigenvalue weighted by molar-refractivity contribution is 8.85. The fourth-order valence-electron chi connectivity index (χ4n) is 0.458. The van der Waals surface area contributed by atoms with E-state index in [-0.39, 0.29) is 0 Å². The second kappa shape index (κ2) is 4.78. The molecule has 0 atom stereocenters. The molecule has 0 aromatic carbocycles. The van der Waals surface area contributed by atoms with Crippen LogP contribution in [0.2, 0.25) is 0 Å². The highest BCUT2D eigenvalue weighted by Gasteiger charge is 2.08. The first-order valence-corrected chi connectivity index (χ1v) is 5.92. The van der Waals surface area contributed by atoms with Gasteiger partial charge in [-0.25, -0.2) is 4.79 Å². The summed E-state index contributed by atoms with van der Waals surface area (Å²) in [5, 5.41) is 8.20. The van der Waals surface area contributed by atoms with Gasteiger partial charge in [-0.05, 0) is 10.8 Å². The third-order valence-corrected chi connectivity index (χ3v) is 4.07. The van der Waals surface area contributed by atoms with Crippen LogP contribution in [-0.2, 0) is 0 Å². The molecule has 0 radical (unpaired) electrons. The first-order valence-electron chi connectivity index (χ1n) is 2.79. The van der Waals surface area contributed by atoms with Crippen LogP contribution in [0.3, 0.4) is 0 Å². The molecule has 0 unspecified atom stereocenters. The molecular weight excluding hydrogens is 204 g/mol. The van der Waals surface area contributed by atoms with E-state index in [0.717, 1.165) is 27.7 Å². The van der Waals surface area contributed by atoms with Gasteiger partial charge in [-0.2, -0.15) is 0 Å². The fraction of sp³-hybridized carbons (Fsp3) is 0.500. The lowest BCUT2D eigenvalue weighted by molar-refractivity contribution is 0.202. The van der Waals surface area contributed by atoms with Crippen molar-refractivity contribution < 1.29 is 9.90 Å². The lowest BCUT2D eigenvalue weighted by Crippen LogP contribution is -2.10. The zero-order valence-electron chi connectivity index (χ0n) is 5.44. The van der Waals surface area contributed by atoms with E-state index < -0.39 is 6.09 Å². The van der Waals surface area contributed by atoms with E-state index in [0.29, 0.717) is 0 Å². The van der Waals surface area contributed by atoms with Crippen LogP contribution in [0.25, 0.3) is 0 Å². The van der Waals surface area contributed by atoms with Crippen LogP contribution in [-0.4, -0.2) is 27.9 Å². The predicted octanol–water partition coefficient (Wildman–Crippen LogP) is 1.65. The topological polar surface area (TPSA) is 61.7 Å². The van der Waals surface area contributed by atoms with Gasteiger partial charge in [-0.3, -0.25) is 9.71 Å². The summed E-state index contributed by atoms with van der Waals surface area (Å²) in [5.74, 6) is 1.01. The van der Waals surface area contributed by atoms with E-state index in [1.807, 2.05) is 0 Å². The van der Waals surface area contributed by atoms with Crippen molar-refractivity contribution >= 4 is 44.0 Å². The zero-order chi connectivity index (χ0) is 8.10. The van der Waals surface area contributed by atoms with Crippen molar-refractivity contribution in [2.75, 3.05) is 12.3 Å². The quantitative estimate of drug-likeness (QED) is 0.536. The summed E-state index contributed by atoms with van der Waals surface area (Å²) in [5.41, 5.74) is 0. The molecule has 1 amide bonds. The zero-order valence-corrected chi connectivity index (χ0v) is 7.89. The summed E-state index contributed by atoms with van der Waals surface area (Å²) < 4.78 is 3.12. The molecule has 4 nitrogen and oxygen atoms in total. The van der Waals surface area contributed by atoms with E-state index in [2.05, 4.69) is 9.71 Å². The first-order chi connectivity index (χ1) is 5.29. The molecule has 1 rings (SSSR count). The second-order valence-electron chi connectivity index (χ2n) is 1.57. The highest BCUT2D eigenvalue weighted by Crippen LogP contribution is 2.29. The second-order valence-corrected chi connectivity index (χ2v) is 4.84. The number of nitrogens with zero attached hydrogens (tertiary/aromatic N) is 1. The molecule has 1 aliphatic heterocycles. The fourth-order valence-corrected chi connectivity index (χ4v) is 3.22. The van der Waals surface area contributed by atoms with Crippen molar-refractivity contribution in [1.29, 1.82) is 0 Å². The molecule has 0 aliphatic carbocycles. The minimum absolute atomic E-state index is 0.848. The molecule has 1 heterocycles. The number of carboxylic acid groups (broad SMARTS) is 1. The van der Waals surface area contributed by atoms with Crippen LogP contribution >= 0.6 is 33.5 Å². The Bertz CT molecular complexity index is 184. The molecule has 0 saturated heterocycles. The molecule has 11 heavy (non-hydrogen) atoms. The van der Waals surface area contributed by atoms with E-state index in [9.17, 15) is 4.79 Å². The number of amides is 1. The number of carbonyl (C=O) groups is 1. The number of hydrogen-bond donors (Lipinski definition) is 2. The van der Waals surface area contributed by atoms with Crippen molar-refractivity contribution in [3.05, 3.63) is 0 Å². The predicted molar refractivity (Wildman–Crippen MR) is 51.1 cm³/mol. The Morgan fingerprint density at radius 2 is 2.64 bits per heavy atom. The molecule has 0 aromatic rings. The Morgan fingerprint density at radius 1 is 1.82 bits per heavy atom. The summed E-state index contributed by atoms with van der Waals surface area (Å²) in [6.07, 6.45) is -1.02. The molecule has 0 aromatic heterocycles. The highest BCUT2D eigenvalue weighted by atomic mass is 33.1. The number of hydrogen-bond acceptors (Lipinski definition) is 5. The van der Waals surface area contributed by atoms with Crippen LogP contribution in [0.1, 0.15) is 0 Å². The molecule has 2 N–H and O–H groups in total. The Kier molecular flexibility index (Phi) is 3.95. The number of aliphatic imine (C=N–C) groups is 1. The van der Waals surface area contributed by atoms with Gasteiger partial charge in [0.15, 0.2) is 0 Å². The van der Waals surface area contributed by atoms with E-state index in [4.69, 9.17) is 5.11 Å². The Balaban J connectivity index is 2.07. The third kappa shape index (κ3) is 3.78. The standard InChI is InChI=1S/C4H6N2O2S3/c7-3(8)6-11-10-4-5-1-2-9-4/h6H,1-2H2,(H,7,8). The van der Waals surface area contributed by atoms with Gasteiger partial charge in [0.2, 0.25) is 0 Å². The molecular formula is C4H6N2O2S3. The van der Waals surface area contributed by atoms with Crippen LogP contribution in [0.5, 0.6) is 0 Å². The van der Waals surface area contributed by atoms with Crippen LogP contribution in [0.15, 0.2) is 4.99 Å². The van der Waals surface area contributed by atoms with Crippen molar-refractivity contribution in [3.8, 4) is 0 Å². The largest absolute Gasteiger partial charge is 0.464 e. The summed E-state index contributed by atoms with van der Waals surface area (Å²) in [4.78, 5) is 14.1. The van der Waals surface area contributed by atoms with Crippen molar-refractivity contribution in [2.24, 2.45) is 4.99 Å². The monoisotopic (exact) mass is 210 g/mol. The van der Waals surface area contributed by atoms with Gasteiger partial charge >= 0.3 is 6.09 Å². The summed E-state index contributed by atoms with van der Waals surface area (Å²) in [6, 6.07) is 0. The van der Waals surface area contributed by atoms with Crippen molar-refractivity contribution in [1.82, 2.24) is 4.72 Å². The Hall–Kier alpha value is -0.0100. The number of thioether (sulfide) groups is 1. The molecule has 7 heteroatoms. The van der Waals surface area contributed by atoms with E-state index in [1.165, 1.54) is 10.8 Å². The SMILES string of the molecule is O=C(O)NSSC1=NCCS1. The van der Waals surface area contributed by atoms with Crippen molar-refractivity contribution in [3.63, 3.8) is 0 Å². The van der Waals surface area contributed by atoms with Gasteiger partial charge in [-0.1, -0.05) is 11.8 Å². The van der Waals surface area contributed by atoms with Crippen molar-refractivity contribution in [2.45, 2.75) is 0 Å². The average molecular weight is 210 g/mol. The normalized spacial score (nSPS) is 16.2. The van der Waals surface area contributed by atoms with E-state index in [1.54, 1.807) is 11.8 Å². The minimum atomic E-state index is -1.02. The van der Waals surface area contributed by atoms with Crippen LogP contribution < -0.4 is 4.72 Å². The lowest BCUT2D eigenvalue weighted by atomic mass is 10.8. The van der Waals surface area contributed by atoms with Gasteiger partial charge < -0.3 is 5.11 Å². The van der Waals surface area contributed by atoms with E-state index >= 15 is 0 Å². The maximum absolute atomic E-state index is 9.98. The van der Waals surface area contributed by atoms with Crippen LogP contribution in [0.4, 0.5) is 4.79 Å². The van der Waals surface area contributed by atoms with Gasteiger partial charge in [0.25, 0.3) is 0 Å². The Morgan fingerprint density at radius 3 is 3.18 bits per heavy atom. The van der Waals surface area contributed by atoms with Gasteiger partial charge in [0.1, 0.15) is 4.38 Å². The maximum atomic E-state index is 9.98. The molecule has 1 aliphatic rings. The summed E-state index contributed by atoms with van der Waals surface area (Å²) in [7, 11) is 2.42. The molecule has 0 saturated carbocycles. The molecule has 0 bridgehead atoms. The average Bonchev–Trinajstić information content (AvgIpc) is 2.39. The first kappa shape index (κ1) is 9.08. The van der Waals surface area contributed by atoms with Gasteiger partial charge in [0.05, 0.1) is 6.54 Å². The summed E-state index contributed by atoms with van der Waals surface area (Å²) in [6.45, 7) is 0.848. The molecule has 0 spiro atoms. The third-order valence-electron chi connectivity index (χ3n) is 0.800. The van der Waals surface area contributed by atoms with Crippen LogP contribution in [0, 0.1) is 0 Å². The smallest absolute Gasteiger partial charge is 0.415 e. The lowest BCUT2D eigenvalue weighted by Gasteiger charge is -1.96. The minimum Gasteiger partial charge on any atom is -0.464 e. The van der Waals surface area contributed by atoms with Gasteiger partial charge in [0, 0.05) is 16.7 Å². The molecule has 62 valence electrons. The number of nitrogens with one attached hydrogen (secondary N) is 1. The number of rotatable bonds is 2. The van der Waals surface area contributed by atoms with Gasteiger partial charge in [-0.15, -0.1) is 0 Å². The summed E-state index contributed by atoms with van der Waals surface area (Å²) >= 11 is 1.65. The maximum Gasteiger partial charge on any atom is 0.415 e.